The minimum absolute atomic E-state index is 0.117. The molecule has 2 nitrogen and oxygen atoms in total. The Morgan fingerprint density at radius 1 is 1.07 bits per heavy atom. The van der Waals surface area contributed by atoms with E-state index in [0.717, 1.165) is 0 Å². The number of rotatable bonds is 0. The number of Topliss-reactive ketones (excluding diaryl/α,β-unsaturated/α-hetero) is 2. The van der Waals surface area contributed by atoms with Crippen molar-refractivity contribution >= 4 is 23.2 Å². The van der Waals surface area contributed by atoms with Crippen LogP contribution in [0.4, 0.5) is 0 Å². The predicted molar refractivity (Wildman–Crippen MR) is 53.9 cm³/mol. The van der Waals surface area contributed by atoms with Crippen molar-refractivity contribution in [1.82, 2.24) is 0 Å². The van der Waals surface area contributed by atoms with Gasteiger partial charge in [0.05, 0.1) is 5.41 Å². The Hall–Kier alpha value is -1.15. The molecule has 0 spiro atoms. The third kappa shape index (κ3) is 1.04. The molecule has 0 aromatic heterocycles. The lowest BCUT2D eigenvalue weighted by molar-refractivity contribution is 0.0746. The van der Waals surface area contributed by atoms with Crippen LogP contribution in [-0.4, -0.2) is 11.6 Å². The fourth-order valence-electron chi connectivity index (χ4n) is 1.68. The molecule has 1 aliphatic rings. The molecule has 2 rings (SSSR count). The van der Waals surface area contributed by atoms with E-state index >= 15 is 0 Å². The summed E-state index contributed by atoms with van der Waals surface area (Å²) in [6.45, 7) is 3.29. The van der Waals surface area contributed by atoms with Crippen LogP contribution in [0.15, 0.2) is 18.2 Å². The lowest BCUT2D eigenvalue weighted by Gasteiger charge is -2.11. The topological polar surface area (TPSA) is 34.1 Å². The van der Waals surface area contributed by atoms with Crippen molar-refractivity contribution in [2.75, 3.05) is 0 Å². The largest absolute Gasteiger partial charge is 0.293 e. The van der Waals surface area contributed by atoms with Crippen molar-refractivity contribution in [3.05, 3.63) is 34.3 Å². The molecule has 14 heavy (non-hydrogen) atoms. The van der Waals surface area contributed by atoms with Gasteiger partial charge in [-0.3, -0.25) is 9.59 Å². The summed E-state index contributed by atoms with van der Waals surface area (Å²) in [6.07, 6.45) is 0. The van der Waals surface area contributed by atoms with Gasteiger partial charge in [-0.05, 0) is 32.0 Å². The highest BCUT2D eigenvalue weighted by molar-refractivity contribution is 6.33. The quantitative estimate of drug-likeness (QED) is 0.615. The third-order valence-corrected chi connectivity index (χ3v) is 2.84. The molecule has 3 heteroatoms. The van der Waals surface area contributed by atoms with E-state index in [1.54, 1.807) is 32.0 Å². The van der Waals surface area contributed by atoms with Gasteiger partial charge in [0.25, 0.3) is 0 Å². The first-order valence-corrected chi connectivity index (χ1v) is 4.71. The maximum absolute atomic E-state index is 11.8. The number of carbonyl (C=O) groups excluding carboxylic acids is 2. The molecule has 0 atom stereocenters. The summed E-state index contributed by atoms with van der Waals surface area (Å²) in [5, 5.41) is 0.489. The number of ketones is 2. The first kappa shape index (κ1) is 9.41. The second-order valence-electron chi connectivity index (χ2n) is 3.97. The summed E-state index contributed by atoms with van der Waals surface area (Å²) in [4.78, 5) is 23.6. The van der Waals surface area contributed by atoms with Crippen LogP contribution >= 0.6 is 11.6 Å². The number of hydrogen-bond donors (Lipinski definition) is 0. The van der Waals surface area contributed by atoms with E-state index in [0.29, 0.717) is 16.1 Å². The van der Waals surface area contributed by atoms with Crippen LogP contribution in [0.25, 0.3) is 0 Å². The van der Waals surface area contributed by atoms with Crippen molar-refractivity contribution in [2.45, 2.75) is 13.8 Å². The monoisotopic (exact) mass is 208 g/mol. The summed E-state index contributed by atoms with van der Waals surface area (Å²) in [5.41, 5.74) is 0.0180. The fraction of sp³-hybridized carbons (Fsp3) is 0.273. The van der Waals surface area contributed by atoms with Crippen LogP contribution < -0.4 is 0 Å². The highest BCUT2D eigenvalue weighted by atomic mass is 35.5. The van der Waals surface area contributed by atoms with Gasteiger partial charge in [-0.1, -0.05) is 11.6 Å². The highest BCUT2D eigenvalue weighted by Gasteiger charge is 2.45. The Kier molecular flexibility index (Phi) is 1.80. The highest BCUT2D eigenvalue weighted by Crippen LogP contribution is 2.36. The first-order valence-electron chi connectivity index (χ1n) is 4.34. The molecule has 0 saturated heterocycles. The van der Waals surface area contributed by atoms with Crippen LogP contribution in [0.5, 0.6) is 0 Å². The van der Waals surface area contributed by atoms with Crippen molar-refractivity contribution in [1.29, 1.82) is 0 Å². The SMILES string of the molecule is CC1(C)C(=O)c2ccc(Cl)cc2C1=O. The van der Waals surface area contributed by atoms with Gasteiger partial charge in [-0.2, -0.15) is 0 Å². The molecule has 0 amide bonds. The van der Waals surface area contributed by atoms with Gasteiger partial charge in [0.15, 0.2) is 11.6 Å². The number of halogens is 1. The van der Waals surface area contributed by atoms with E-state index in [1.807, 2.05) is 0 Å². The van der Waals surface area contributed by atoms with Gasteiger partial charge in [0.2, 0.25) is 0 Å². The number of fused-ring (bicyclic) bond motifs is 1. The number of benzene rings is 1. The normalized spacial score (nSPS) is 18.5. The maximum atomic E-state index is 11.8. The molecule has 0 radical (unpaired) electrons. The Morgan fingerprint density at radius 2 is 1.64 bits per heavy atom. The van der Waals surface area contributed by atoms with Crippen molar-refractivity contribution < 1.29 is 9.59 Å². The smallest absolute Gasteiger partial charge is 0.176 e. The number of carbonyl (C=O) groups is 2. The van der Waals surface area contributed by atoms with Crippen LogP contribution in [-0.2, 0) is 0 Å². The zero-order chi connectivity index (χ0) is 10.5. The Bertz CT molecular complexity index is 447. The molecule has 0 unspecified atom stereocenters. The second-order valence-corrected chi connectivity index (χ2v) is 4.41. The van der Waals surface area contributed by atoms with Crippen molar-refractivity contribution in [2.24, 2.45) is 5.41 Å². The summed E-state index contributed by atoms with van der Waals surface area (Å²) >= 11 is 5.77. The Morgan fingerprint density at radius 3 is 2.29 bits per heavy atom. The molecular formula is C11H9ClO2. The lowest BCUT2D eigenvalue weighted by Crippen LogP contribution is -2.25. The molecule has 1 aromatic carbocycles. The van der Waals surface area contributed by atoms with E-state index in [2.05, 4.69) is 0 Å². The minimum atomic E-state index is -0.924. The van der Waals surface area contributed by atoms with Gasteiger partial charge in [-0.15, -0.1) is 0 Å². The molecule has 0 fully saturated rings. The predicted octanol–water partition coefficient (Wildman–Crippen LogP) is 2.75. The summed E-state index contributed by atoms with van der Waals surface area (Å²) in [6, 6.07) is 4.81. The van der Waals surface area contributed by atoms with E-state index < -0.39 is 5.41 Å². The third-order valence-electron chi connectivity index (χ3n) is 2.61. The van der Waals surface area contributed by atoms with E-state index in [9.17, 15) is 9.59 Å². The zero-order valence-corrected chi connectivity index (χ0v) is 8.68. The molecule has 0 saturated carbocycles. The van der Waals surface area contributed by atoms with Crippen molar-refractivity contribution in [3.8, 4) is 0 Å². The van der Waals surface area contributed by atoms with E-state index in [-0.39, 0.29) is 11.6 Å². The average Bonchev–Trinajstić information content (AvgIpc) is 2.29. The van der Waals surface area contributed by atoms with Crippen LogP contribution in [0, 0.1) is 5.41 Å². The van der Waals surface area contributed by atoms with Crippen LogP contribution in [0.1, 0.15) is 34.6 Å². The molecule has 0 N–H and O–H groups in total. The number of hydrogen-bond acceptors (Lipinski definition) is 2. The molecule has 0 heterocycles. The zero-order valence-electron chi connectivity index (χ0n) is 7.93. The average molecular weight is 209 g/mol. The van der Waals surface area contributed by atoms with Gasteiger partial charge >= 0.3 is 0 Å². The lowest BCUT2D eigenvalue weighted by atomic mass is 9.88. The molecule has 1 aliphatic carbocycles. The Balaban J connectivity index is 2.71. The Labute approximate surface area is 86.9 Å². The maximum Gasteiger partial charge on any atom is 0.176 e. The summed E-state index contributed by atoms with van der Waals surface area (Å²) < 4.78 is 0. The second kappa shape index (κ2) is 2.67. The van der Waals surface area contributed by atoms with Gasteiger partial charge in [-0.25, -0.2) is 0 Å². The van der Waals surface area contributed by atoms with Crippen molar-refractivity contribution in [3.63, 3.8) is 0 Å². The molecule has 1 aromatic rings. The molecule has 0 aliphatic heterocycles. The van der Waals surface area contributed by atoms with Gasteiger partial charge < -0.3 is 0 Å². The molecule has 0 bridgehead atoms. The fourth-order valence-corrected chi connectivity index (χ4v) is 1.85. The van der Waals surface area contributed by atoms with Crippen LogP contribution in [0.2, 0.25) is 5.02 Å². The van der Waals surface area contributed by atoms with Gasteiger partial charge in [0.1, 0.15) is 0 Å². The minimum Gasteiger partial charge on any atom is -0.293 e. The van der Waals surface area contributed by atoms with Gasteiger partial charge in [0, 0.05) is 16.1 Å². The first-order chi connectivity index (χ1) is 6.44. The van der Waals surface area contributed by atoms with E-state index in [4.69, 9.17) is 11.6 Å². The summed E-state index contributed by atoms with van der Waals surface area (Å²) in [7, 11) is 0. The summed E-state index contributed by atoms with van der Waals surface area (Å²) in [5.74, 6) is -0.255. The molecular weight excluding hydrogens is 200 g/mol. The van der Waals surface area contributed by atoms with Crippen LogP contribution in [0.3, 0.4) is 0 Å². The molecule has 72 valence electrons. The standard InChI is InChI=1S/C11H9ClO2/c1-11(2)9(13)7-4-3-6(12)5-8(7)10(11)14/h3-5H,1-2H3. The van der Waals surface area contributed by atoms with E-state index in [1.165, 1.54) is 0 Å².